The van der Waals surface area contributed by atoms with Gasteiger partial charge in [-0.3, -0.25) is 9.59 Å². The summed E-state index contributed by atoms with van der Waals surface area (Å²) in [6.45, 7) is 5.25. The van der Waals surface area contributed by atoms with Crippen LogP contribution in [0.4, 0.5) is 0 Å². The predicted molar refractivity (Wildman–Crippen MR) is 87.6 cm³/mol. The fourth-order valence-corrected chi connectivity index (χ4v) is 2.24. The van der Waals surface area contributed by atoms with Crippen molar-refractivity contribution in [2.45, 2.75) is 51.7 Å². The lowest BCUT2D eigenvalue weighted by molar-refractivity contribution is -0.142. The molecule has 0 saturated carbocycles. The third-order valence-corrected chi connectivity index (χ3v) is 3.69. The third-order valence-electron chi connectivity index (χ3n) is 3.04. The molecule has 128 valence electrons. The van der Waals surface area contributed by atoms with E-state index in [-0.39, 0.29) is 5.92 Å². The van der Waals surface area contributed by atoms with E-state index in [9.17, 15) is 14.4 Å². The standard InChI is InChI=1S/C14H27N3O4S/c1-8(2)7-11(14(20)21)17-12(18)9(3)16-13(19)10(15)5-6-22-4/h8-11H,5-7,15H2,1-4H3,(H,16,19)(H,17,18)(H,20,21)/t9-,10-,11-/m0/s1. The first-order valence-electron chi connectivity index (χ1n) is 7.27. The van der Waals surface area contributed by atoms with Gasteiger partial charge in [0.05, 0.1) is 6.04 Å². The number of aliphatic carboxylic acids is 1. The number of thioether (sulfide) groups is 1. The second-order valence-corrected chi connectivity index (χ2v) is 6.63. The van der Waals surface area contributed by atoms with Gasteiger partial charge in [-0.25, -0.2) is 4.79 Å². The SMILES string of the molecule is CSCC[C@H](N)C(=O)N[C@@H](C)C(=O)N[C@@H](CC(C)C)C(=O)O. The average molecular weight is 333 g/mol. The van der Waals surface area contributed by atoms with Crippen molar-refractivity contribution < 1.29 is 19.5 Å². The molecular weight excluding hydrogens is 306 g/mol. The van der Waals surface area contributed by atoms with Gasteiger partial charge in [0.25, 0.3) is 0 Å². The number of amides is 2. The van der Waals surface area contributed by atoms with E-state index in [1.165, 1.54) is 6.92 Å². The van der Waals surface area contributed by atoms with Crippen molar-refractivity contribution in [3.8, 4) is 0 Å². The molecule has 0 aromatic carbocycles. The van der Waals surface area contributed by atoms with E-state index < -0.39 is 35.9 Å². The number of carbonyl (C=O) groups excluding carboxylic acids is 2. The number of carboxylic acids is 1. The van der Waals surface area contributed by atoms with Gasteiger partial charge in [0, 0.05) is 0 Å². The highest BCUT2D eigenvalue weighted by Gasteiger charge is 2.25. The molecule has 0 aliphatic carbocycles. The van der Waals surface area contributed by atoms with E-state index in [0.717, 1.165) is 5.75 Å². The van der Waals surface area contributed by atoms with Gasteiger partial charge in [-0.05, 0) is 37.7 Å². The normalized spacial score (nSPS) is 15.0. The maximum absolute atomic E-state index is 12.0. The van der Waals surface area contributed by atoms with E-state index in [4.69, 9.17) is 10.8 Å². The Hall–Kier alpha value is -1.28. The van der Waals surface area contributed by atoms with Crippen LogP contribution in [0.1, 0.15) is 33.6 Å². The van der Waals surface area contributed by atoms with Crippen LogP contribution in [-0.4, -0.2) is 53.0 Å². The summed E-state index contributed by atoms with van der Waals surface area (Å²) in [5.41, 5.74) is 5.72. The lowest BCUT2D eigenvalue weighted by atomic mass is 10.0. The zero-order valence-corrected chi connectivity index (χ0v) is 14.4. The van der Waals surface area contributed by atoms with Crippen LogP contribution in [-0.2, 0) is 14.4 Å². The monoisotopic (exact) mass is 333 g/mol. The quantitative estimate of drug-likeness (QED) is 0.453. The van der Waals surface area contributed by atoms with Gasteiger partial charge >= 0.3 is 5.97 Å². The molecule has 0 unspecified atom stereocenters. The molecule has 0 radical (unpaired) electrons. The first-order chi connectivity index (χ1) is 10.2. The van der Waals surface area contributed by atoms with Gasteiger partial charge in [0.2, 0.25) is 11.8 Å². The Labute approximate surface area is 135 Å². The van der Waals surface area contributed by atoms with Crippen LogP contribution >= 0.6 is 11.8 Å². The van der Waals surface area contributed by atoms with Gasteiger partial charge in [-0.2, -0.15) is 11.8 Å². The molecule has 8 heteroatoms. The maximum atomic E-state index is 12.0. The average Bonchev–Trinajstić information content (AvgIpc) is 2.42. The second-order valence-electron chi connectivity index (χ2n) is 5.65. The molecule has 0 spiro atoms. The number of hydrogen-bond acceptors (Lipinski definition) is 5. The van der Waals surface area contributed by atoms with Crippen molar-refractivity contribution in [1.82, 2.24) is 10.6 Å². The summed E-state index contributed by atoms with van der Waals surface area (Å²) < 4.78 is 0. The van der Waals surface area contributed by atoms with Crippen LogP contribution in [0.2, 0.25) is 0 Å². The molecule has 0 aromatic rings. The highest BCUT2D eigenvalue weighted by atomic mass is 32.2. The number of carboxylic acid groups (broad SMARTS) is 1. The van der Waals surface area contributed by atoms with Gasteiger partial charge in [-0.1, -0.05) is 13.8 Å². The van der Waals surface area contributed by atoms with Crippen molar-refractivity contribution in [2.24, 2.45) is 11.7 Å². The molecule has 0 heterocycles. The Balaban J connectivity index is 4.46. The molecule has 2 amide bonds. The maximum Gasteiger partial charge on any atom is 0.326 e. The minimum Gasteiger partial charge on any atom is -0.480 e. The Morgan fingerprint density at radius 3 is 2.18 bits per heavy atom. The van der Waals surface area contributed by atoms with Gasteiger partial charge < -0.3 is 21.5 Å². The first kappa shape index (κ1) is 20.7. The number of nitrogens with one attached hydrogen (secondary N) is 2. The van der Waals surface area contributed by atoms with Crippen molar-refractivity contribution in [3.63, 3.8) is 0 Å². The molecule has 0 bridgehead atoms. The molecule has 0 saturated heterocycles. The van der Waals surface area contributed by atoms with Crippen LogP contribution in [0.25, 0.3) is 0 Å². The number of carbonyl (C=O) groups is 3. The lowest BCUT2D eigenvalue weighted by Gasteiger charge is -2.21. The van der Waals surface area contributed by atoms with Gasteiger partial charge in [0.1, 0.15) is 12.1 Å². The fraction of sp³-hybridized carbons (Fsp3) is 0.786. The fourth-order valence-electron chi connectivity index (χ4n) is 1.75. The van der Waals surface area contributed by atoms with E-state index in [1.807, 2.05) is 20.1 Å². The molecule has 0 aliphatic heterocycles. The number of nitrogens with two attached hydrogens (primary N) is 1. The largest absolute Gasteiger partial charge is 0.480 e. The number of rotatable bonds is 10. The molecule has 22 heavy (non-hydrogen) atoms. The van der Waals surface area contributed by atoms with Gasteiger partial charge in [0.15, 0.2) is 0 Å². The highest BCUT2D eigenvalue weighted by Crippen LogP contribution is 2.05. The summed E-state index contributed by atoms with van der Waals surface area (Å²) in [6.07, 6.45) is 2.77. The molecule has 0 aromatic heterocycles. The minimum absolute atomic E-state index is 0.131. The van der Waals surface area contributed by atoms with Crippen LogP contribution in [0.15, 0.2) is 0 Å². The van der Waals surface area contributed by atoms with Gasteiger partial charge in [-0.15, -0.1) is 0 Å². The zero-order valence-electron chi connectivity index (χ0n) is 13.6. The van der Waals surface area contributed by atoms with E-state index in [0.29, 0.717) is 12.8 Å². The Kier molecular flexibility index (Phi) is 9.84. The first-order valence-corrected chi connectivity index (χ1v) is 8.66. The summed E-state index contributed by atoms with van der Waals surface area (Å²) in [7, 11) is 0. The summed E-state index contributed by atoms with van der Waals surface area (Å²) in [6, 6.07) is -2.47. The van der Waals surface area contributed by atoms with Crippen LogP contribution < -0.4 is 16.4 Å². The summed E-state index contributed by atoms with van der Waals surface area (Å²) >= 11 is 1.59. The van der Waals surface area contributed by atoms with Crippen molar-refractivity contribution >= 4 is 29.5 Å². The van der Waals surface area contributed by atoms with Crippen molar-refractivity contribution in [2.75, 3.05) is 12.0 Å². The van der Waals surface area contributed by atoms with Crippen molar-refractivity contribution in [3.05, 3.63) is 0 Å². The summed E-state index contributed by atoms with van der Waals surface area (Å²) in [5.74, 6) is -1.14. The van der Waals surface area contributed by atoms with Crippen molar-refractivity contribution in [1.29, 1.82) is 0 Å². The Morgan fingerprint density at radius 2 is 1.73 bits per heavy atom. The van der Waals surface area contributed by atoms with Crippen LogP contribution in [0, 0.1) is 5.92 Å². The predicted octanol–water partition coefficient (Wildman–Crippen LogP) is 0.187. The molecule has 3 atom stereocenters. The Bertz CT molecular complexity index is 390. The van der Waals surface area contributed by atoms with Crippen LogP contribution in [0.3, 0.4) is 0 Å². The van der Waals surface area contributed by atoms with Crippen LogP contribution in [0.5, 0.6) is 0 Å². The molecule has 7 nitrogen and oxygen atoms in total. The second kappa shape index (κ2) is 10.4. The topological polar surface area (TPSA) is 122 Å². The smallest absolute Gasteiger partial charge is 0.326 e. The zero-order chi connectivity index (χ0) is 17.3. The summed E-state index contributed by atoms with van der Waals surface area (Å²) in [4.78, 5) is 34.9. The Morgan fingerprint density at radius 1 is 1.14 bits per heavy atom. The third kappa shape index (κ3) is 8.23. The number of hydrogen-bond donors (Lipinski definition) is 4. The highest BCUT2D eigenvalue weighted by molar-refractivity contribution is 7.98. The minimum atomic E-state index is -1.09. The van der Waals surface area contributed by atoms with E-state index in [1.54, 1.807) is 11.8 Å². The summed E-state index contributed by atoms with van der Waals surface area (Å²) in [5, 5.41) is 14.0. The lowest BCUT2D eigenvalue weighted by Crippen LogP contribution is -2.53. The van der Waals surface area contributed by atoms with E-state index in [2.05, 4.69) is 10.6 Å². The molecular formula is C14H27N3O4S. The molecule has 5 N–H and O–H groups in total. The molecule has 0 rings (SSSR count). The molecule has 0 aliphatic rings. The van der Waals surface area contributed by atoms with E-state index >= 15 is 0 Å². The molecule has 0 fully saturated rings.